The molecule has 0 aromatic carbocycles. The first-order valence-corrected chi connectivity index (χ1v) is 3.57. The van der Waals surface area contributed by atoms with E-state index in [1.807, 2.05) is 0 Å². The van der Waals surface area contributed by atoms with Crippen LogP contribution < -0.4 is 11.2 Å². The van der Waals surface area contributed by atoms with Crippen molar-refractivity contribution in [3.63, 3.8) is 0 Å². The normalized spacial score (nSPS) is 27.2. The number of nitrogens with zero attached hydrogens (tertiary/aromatic N) is 1. The highest BCUT2D eigenvalue weighted by atomic mass is 16.2. The van der Waals surface area contributed by atoms with Crippen molar-refractivity contribution in [2.45, 2.75) is 24.8 Å². The number of urea groups is 1. The van der Waals surface area contributed by atoms with Gasteiger partial charge >= 0.3 is 6.03 Å². The summed E-state index contributed by atoms with van der Waals surface area (Å²) in [6, 6.07) is -0.477. The standard InChI is InChI=1S/C6H9N3O2/c7-9-4(10)6(2-1-3-6)8-5(9)11/h1-3,7H2,(H,8,11). The molecule has 1 heterocycles. The molecular weight excluding hydrogens is 146 g/mol. The fraction of sp³-hybridized carbons (Fsp3) is 0.667. The number of hydrazine groups is 1. The van der Waals surface area contributed by atoms with Crippen LogP contribution in [0.5, 0.6) is 0 Å². The van der Waals surface area contributed by atoms with E-state index in [-0.39, 0.29) is 5.91 Å². The van der Waals surface area contributed by atoms with Gasteiger partial charge in [0, 0.05) is 0 Å². The highest BCUT2D eigenvalue weighted by molar-refractivity contribution is 6.06. The molecule has 2 fully saturated rings. The van der Waals surface area contributed by atoms with Crippen LogP contribution in [-0.2, 0) is 4.79 Å². The molecule has 1 spiro atoms. The molecule has 3 amide bonds. The minimum atomic E-state index is -0.619. The van der Waals surface area contributed by atoms with Gasteiger partial charge in [-0.25, -0.2) is 10.6 Å². The summed E-state index contributed by atoms with van der Waals surface area (Å²) in [5.41, 5.74) is -0.619. The number of imide groups is 1. The fourth-order valence-corrected chi connectivity index (χ4v) is 1.51. The third-order valence-electron chi connectivity index (χ3n) is 2.40. The summed E-state index contributed by atoms with van der Waals surface area (Å²) < 4.78 is 0. The Morgan fingerprint density at radius 2 is 2.09 bits per heavy atom. The van der Waals surface area contributed by atoms with Crippen molar-refractivity contribution in [2.75, 3.05) is 0 Å². The molecule has 0 atom stereocenters. The molecule has 1 aliphatic heterocycles. The smallest absolute Gasteiger partial charge is 0.322 e. The van der Waals surface area contributed by atoms with Crippen molar-refractivity contribution in [1.82, 2.24) is 10.3 Å². The van der Waals surface area contributed by atoms with E-state index in [0.717, 1.165) is 19.3 Å². The average molecular weight is 155 g/mol. The fourth-order valence-electron chi connectivity index (χ4n) is 1.51. The van der Waals surface area contributed by atoms with Crippen molar-refractivity contribution in [2.24, 2.45) is 5.84 Å². The van der Waals surface area contributed by atoms with E-state index in [1.165, 1.54) is 0 Å². The van der Waals surface area contributed by atoms with Gasteiger partial charge in [0.25, 0.3) is 5.91 Å². The van der Waals surface area contributed by atoms with Gasteiger partial charge in [0.2, 0.25) is 0 Å². The maximum absolute atomic E-state index is 11.2. The summed E-state index contributed by atoms with van der Waals surface area (Å²) in [4.78, 5) is 22.1. The number of nitrogens with one attached hydrogen (secondary N) is 1. The molecule has 1 saturated heterocycles. The van der Waals surface area contributed by atoms with Gasteiger partial charge in [-0.1, -0.05) is 0 Å². The number of nitrogens with two attached hydrogens (primary N) is 1. The molecule has 5 heteroatoms. The van der Waals surface area contributed by atoms with Crippen LogP contribution in [0, 0.1) is 0 Å². The van der Waals surface area contributed by atoms with Crippen LogP contribution in [0.15, 0.2) is 0 Å². The number of rotatable bonds is 0. The monoisotopic (exact) mass is 155 g/mol. The number of carbonyl (C=O) groups excluding carboxylic acids is 2. The van der Waals surface area contributed by atoms with Gasteiger partial charge in [-0.2, -0.15) is 5.01 Å². The first-order chi connectivity index (χ1) is 5.16. The Bertz CT molecular complexity index is 234. The molecule has 0 unspecified atom stereocenters. The lowest BCUT2D eigenvalue weighted by Crippen LogP contribution is -2.53. The molecule has 60 valence electrons. The van der Waals surface area contributed by atoms with Crippen LogP contribution in [0.3, 0.4) is 0 Å². The van der Waals surface area contributed by atoms with Crippen molar-refractivity contribution < 1.29 is 9.59 Å². The van der Waals surface area contributed by atoms with Crippen molar-refractivity contribution in [3.8, 4) is 0 Å². The highest BCUT2D eigenvalue weighted by Gasteiger charge is 2.53. The van der Waals surface area contributed by atoms with Gasteiger partial charge in [-0.3, -0.25) is 4.79 Å². The van der Waals surface area contributed by atoms with E-state index in [2.05, 4.69) is 5.32 Å². The van der Waals surface area contributed by atoms with Gasteiger partial charge in [-0.05, 0) is 19.3 Å². The quantitative estimate of drug-likeness (QED) is 0.277. The lowest BCUT2D eigenvalue weighted by Gasteiger charge is -2.34. The summed E-state index contributed by atoms with van der Waals surface area (Å²) in [5, 5.41) is 3.24. The van der Waals surface area contributed by atoms with Gasteiger partial charge in [-0.15, -0.1) is 0 Å². The number of hydrogen-bond acceptors (Lipinski definition) is 3. The van der Waals surface area contributed by atoms with Gasteiger partial charge in [0.1, 0.15) is 5.54 Å². The van der Waals surface area contributed by atoms with Crippen molar-refractivity contribution >= 4 is 11.9 Å². The summed E-state index contributed by atoms with van der Waals surface area (Å²) >= 11 is 0. The van der Waals surface area contributed by atoms with Gasteiger partial charge < -0.3 is 5.32 Å². The zero-order chi connectivity index (χ0) is 8.06. The molecule has 1 aliphatic carbocycles. The van der Waals surface area contributed by atoms with Crippen LogP contribution in [0.25, 0.3) is 0 Å². The third-order valence-corrected chi connectivity index (χ3v) is 2.40. The second-order valence-corrected chi connectivity index (χ2v) is 3.04. The third kappa shape index (κ3) is 0.632. The molecule has 5 nitrogen and oxygen atoms in total. The Morgan fingerprint density at radius 1 is 1.45 bits per heavy atom. The zero-order valence-electron chi connectivity index (χ0n) is 5.96. The zero-order valence-corrected chi connectivity index (χ0v) is 5.96. The van der Waals surface area contributed by atoms with Crippen LogP contribution >= 0.6 is 0 Å². The minimum Gasteiger partial charge on any atom is -0.322 e. The average Bonchev–Trinajstić information content (AvgIpc) is 2.12. The molecule has 0 aromatic rings. The summed E-state index contributed by atoms with van der Waals surface area (Å²) in [7, 11) is 0. The van der Waals surface area contributed by atoms with Crippen LogP contribution in [0.4, 0.5) is 4.79 Å². The second kappa shape index (κ2) is 1.73. The summed E-state index contributed by atoms with van der Waals surface area (Å²) in [6.45, 7) is 0. The van der Waals surface area contributed by atoms with E-state index < -0.39 is 11.6 Å². The largest absolute Gasteiger partial charge is 0.339 e. The molecule has 0 radical (unpaired) electrons. The maximum Gasteiger partial charge on any atom is 0.339 e. The van der Waals surface area contributed by atoms with Gasteiger partial charge in [0.15, 0.2) is 0 Å². The first-order valence-electron chi connectivity index (χ1n) is 3.57. The molecule has 0 bridgehead atoms. The molecule has 11 heavy (non-hydrogen) atoms. The second-order valence-electron chi connectivity index (χ2n) is 3.04. The van der Waals surface area contributed by atoms with E-state index in [0.29, 0.717) is 5.01 Å². The molecule has 1 saturated carbocycles. The lowest BCUT2D eigenvalue weighted by molar-refractivity contribution is -0.134. The maximum atomic E-state index is 11.2. The predicted molar refractivity (Wildman–Crippen MR) is 36.1 cm³/mol. The minimum absolute atomic E-state index is 0.284. The predicted octanol–water partition coefficient (Wildman–Crippen LogP) is -0.665. The van der Waals surface area contributed by atoms with Crippen molar-refractivity contribution in [1.29, 1.82) is 0 Å². The van der Waals surface area contributed by atoms with E-state index in [4.69, 9.17) is 5.84 Å². The van der Waals surface area contributed by atoms with E-state index >= 15 is 0 Å². The first kappa shape index (κ1) is 6.60. The SMILES string of the molecule is NN1C(=O)NC2(CCC2)C1=O. The van der Waals surface area contributed by atoms with Crippen LogP contribution in [0.2, 0.25) is 0 Å². The lowest BCUT2D eigenvalue weighted by atomic mass is 9.77. The number of amides is 3. The number of hydrogen-bond donors (Lipinski definition) is 2. The Hall–Kier alpha value is -1.10. The Morgan fingerprint density at radius 3 is 2.27 bits per heavy atom. The topological polar surface area (TPSA) is 75.4 Å². The molecule has 2 rings (SSSR count). The summed E-state index contributed by atoms with van der Waals surface area (Å²) in [5.74, 6) is 4.90. The highest BCUT2D eigenvalue weighted by Crippen LogP contribution is 2.35. The van der Waals surface area contributed by atoms with Crippen LogP contribution in [0.1, 0.15) is 19.3 Å². The van der Waals surface area contributed by atoms with Crippen molar-refractivity contribution in [3.05, 3.63) is 0 Å². The Kier molecular flexibility index (Phi) is 1.04. The van der Waals surface area contributed by atoms with E-state index in [1.54, 1.807) is 0 Å². The number of carbonyl (C=O) groups is 2. The molecule has 3 N–H and O–H groups in total. The van der Waals surface area contributed by atoms with Crippen LogP contribution in [-0.4, -0.2) is 22.5 Å². The Labute approximate surface area is 63.5 Å². The Balaban J connectivity index is 2.27. The molecule has 0 aromatic heterocycles. The van der Waals surface area contributed by atoms with Gasteiger partial charge in [0.05, 0.1) is 0 Å². The van der Waals surface area contributed by atoms with E-state index in [9.17, 15) is 9.59 Å². The molecular formula is C6H9N3O2. The molecule has 2 aliphatic rings. The summed E-state index contributed by atoms with van der Waals surface area (Å²) in [6.07, 6.45) is 2.44.